The van der Waals surface area contributed by atoms with Crippen LogP contribution in [-0.2, 0) is 40.1 Å². The molecule has 2 fully saturated rings. The van der Waals surface area contributed by atoms with E-state index in [1.165, 1.54) is 36.4 Å². The van der Waals surface area contributed by atoms with Gasteiger partial charge < -0.3 is 10.6 Å². The summed E-state index contributed by atoms with van der Waals surface area (Å²) in [5, 5.41) is 6.44. The summed E-state index contributed by atoms with van der Waals surface area (Å²) in [6, 6.07) is 26.1. The maximum Gasteiger partial charge on any atom is 0.243 e. The van der Waals surface area contributed by atoms with Crippen molar-refractivity contribution in [2.75, 3.05) is 78.5 Å². The minimum atomic E-state index is -4.02. The second-order valence-electron chi connectivity index (χ2n) is 14.4. The van der Waals surface area contributed by atoms with Crippen molar-refractivity contribution in [1.29, 1.82) is 0 Å². The number of benzene rings is 4. The molecule has 2 aliphatic rings. The first-order chi connectivity index (χ1) is 27.4. The molecule has 0 unspecified atom stereocenters. The van der Waals surface area contributed by atoms with Crippen LogP contribution < -0.4 is 10.6 Å². The topological polar surface area (TPSA) is 174 Å². The Hall–Kier alpha value is -2.60. The molecule has 20 heteroatoms. The van der Waals surface area contributed by atoms with E-state index < -0.39 is 40.1 Å². The second-order valence-corrected chi connectivity index (χ2v) is 22.1. The first kappa shape index (κ1) is 57.4. The summed E-state index contributed by atoms with van der Waals surface area (Å²) in [6.07, 6.45) is 0. The van der Waals surface area contributed by atoms with Gasteiger partial charge in [-0.15, -0.1) is 34.0 Å². The molecule has 4 aromatic rings. The Morgan fingerprint density at radius 1 is 0.323 bits per heavy atom. The van der Waals surface area contributed by atoms with Crippen molar-refractivity contribution in [1.82, 2.24) is 27.9 Å². The molecule has 14 nitrogen and oxygen atoms in total. The van der Waals surface area contributed by atoms with Crippen molar-refractivity contribution in [3.8, 4) is 0 Å². The lowest BCUT2D eigenvalue weighted by Gasteiger charge is -2.25. The number of sulfonamides is 4. The Morgan fingerprint density at radius 2 is 0.500 bits per heavy atom. The molecule has 0 aromatic heterocycles. The lowest BCUT2D eigenvalue weighted by molar-refractivity contribution is 0.365. The number of halogens is 2. The molecule has 2 N–H and O–H groups in total. The fraction of sp³-hybridized carbons (Fsp3) is 0.429. The number of hydrogen-bond donors (Lipinski definition) is 2. The van der Waals surface area contributed by atoms with Crippen molar-refractivity contribution in [2.24, 2.45) is 0 Å². The molecule has 2 heterocycles. The summed E-state index contributed by atoms with van der Waals surface area (Å²) < 4.78 is 112. The summed E-state index contributed by atoms with van der Waals surface area (Å²) in [5.41, 5.74) is 3.74. The Kier molecular flexibility index (Phi) is 23.3. The van der Waals surface area contributed by atoms with Crippen LogP contribution in [0.3, 0.4) is 0 Å². The average Bonchev–Trinajstić information content (AvgIpc) is 3.41. The third-order valence-electron chi connectivity index (χ3n) is 9.99. The van der Waals surface area contributed by atoms with Crippen LogP contribution >= 0.6 is 34.0 Å². The lowest BCUT2D eigenvalue weighted by Crippen LogP contribution is -2.41. The highest BCUT2D eigenvalue weighted by Gasteiger charge is 2.34. The van der Waals surface area contributed by atoms with Crippen LogP contribution in [0.5, 0.6) is 0 Å². The molecule has 348 valence electrons. The molecule has 6 rings (SSSR count). The zero-order valence-corrected chi connectivity index (χ0v) is 40.9. The SMILES string of the molecule is Br.Br.C.C.Cc1ccc(S(=O)(=O)N2CCN(S(=O)(=O)c3ccc(C)cc3)CCN(S(=O)(=O)c3ccc(C)cc3)CC2)cc1.Cc1ccc(S(=O)(=O)N2CCNCCNCC2)cc1. The predicted octanol–water partition coefficient (Wildman–Crippen LogP) is 5.60. The molecule has 0 atom stereocenters. The second kappa shape index (κ2) is 25.2. The fourth-order valence-corrected chi connectivity index (χ4v) is 12.1. The first-order valence-electron chi connectivity index (χ1n) is 19.1. The quantitative estimate of drug-likeness (QED) is 0.226. The zero-order valence-electron chi connectivity index (χ0n) is 34.2. The molecule has 0 aliphatic carbocycles. The molecule has 0 radical (unpaired) electrons. The Balaban J connectivity index is 0.000000710. The van der Waals surface area contributed by atoms with Gasteiger partial charge >= 0.3 is 0 Å². The molecular formula is C42H64Br2N6O8S4. The number of nitrogens with zero attached hydrogens (tertiary/aromatic N) is 4. The van der Waals surface area contributed by atoms with Crippen molar-refractivity contribution >= 4 is 74.1 Å². The highest BCUT2D eigenvalue weighted by atomic mass is 79.9. The van der Waals surface area contributed by atoms with Gasteiger partial charge in [-0.05, 0) is 76.2 Å². The minimum Gasteiger partial charge on any atom is -0.314 e. The van der Waals surface area contributed by atoms with E-state index in [0.717, 1.165) is 48.3 Å². The van der Waals surface area contributed by atoms with E-state index in [0.29, 0.717) is 31.1 Å². The largest absolute Gasteiger partial charge is 0.314 e. The van der Waals surface area contributed by atoms with Crippen molar-refractivity contribution in [2.45, 2.75) is 62.1 Å². The first-order valence-corrected chi connectivity index (χ1v) is 24.9. The van der Waals surface area contributed by atoms with Crippen LogP contribution in [0.1, 0.15) is 37.1 Å². The fourth-order valence-electron chi connectivity index (χ4n) is 6.35. The van der Waals surface area contributed by atoms with Gasteiger partial charge in [-0.3, -0.25) is 0 Å². The molecule has 0 spiro atoms. The zero-order chi connectivity index (χ0) is 42.1. The van der Waals surface area contributed by atoms with Crippen molar-refractivity contribution in [3.05, 3.63) is 119 Å². The molecule has 0 amide bonds. The Bertz CT molecular complexity index is 2210. The van der Waals surface area contributed by atoms with E-state index >= 15 is 0 Å². The number of rotatable bonds is 8. The van der Waals surface area contributed by atoms with Crippen LogP contribution in [0.15, 0.2) is 117 Å². The summed E-state index contributed by atoms with van der Waals surface area (Å²) in [6.45, 7) is 10.9. The Labute approximate surface area is 392 Å². The number of nitrogens with one attached hydrogen (secondary N) is 2. The summed E-state index contributed by atoms with van der Waals surface area (Å²) >= 11 is 0. The van der Waals surface area contributed by atoms with Crippen LogP contribution in [0, 0.1) is 27.7 Å². The highest BCUT2D eigenvalue weighted by molar-refractivity contribution is 8.93. The van der Waals surface area contributed by atoms with E-state index in [4.69, 9.17) is 0 Å². The average molecular weight is 1070 g/mol. The van der Waals surface area contributed by atoms with Gasteiger partial charge in [0, 0.05) is 78.5 Å². The van der Waals surface area contributed by atoms with E-state index in [9.17, 15) is 33.7 Å². The Morgan fingerprint density at radius 3 is 0.694 bits per heavy atom. The maximum atomic E-state index is 13.6. The predicted molar refractivity (Wildman–Crippen MR) is 260 cm³/mol. The van der Waals surface area contributed by atoms with Gasteiger partial charge in [-0.25, -0.2) is 33.7 Å². The van der Waals surface area contributed by atoms with Gasteiger partial charge in [0.25, 0.3) is 0 Å². The van der Waals surface area contributed by atoms with Crippen LogP contribution in [0.2, 0.25) is 0 Å². The maximum absolute atomic E-state index is 13.6. The molecular weight excluding hydrogens is 1000 g/mol. The summed E-state index contributed by atoms with van der Waals surface area (Å²) in [7, 11) is -15.4. The van der Waals surface area contributed by atoms with Crippen molar-refractivity contribution in [3.63, 3.8) is 0 Å². The van der Waals surface area contributed by atoms with E-state index in [1.54, 1.807) is 52.8 Å². The minimum absolute atomic E-state index is 0. The molecule has 2 aliphatic heterocycles. The van der Waals surface area contributed by atoms with Crippen molar-refractivity contribution < 1.29 is 33.7 Å². The molecule has 2 saturated heterocycles. The number of hydrogen-bond acceptors (Lipinski definition) is 10. The van der Waals surface area contributed by atoms with Gasteiger partial charge in [0.1, 0.15) is 0 Å². The van der Waals surface area contributed by atoms with Gasteiger partial charge in [-0.2, -0.15) is 17.2 Å². The number of aryl methyl sites for hydroxylation is 4. The van der Waals surface area contributed by atoms with Gasteiger partial charge in [0.2, 0.25) is 40.1 Å². The van der Waals surface area contributed by atoms with Gasteiger partial charge in [-0.1, -0.05) is 85.6 Å². The lowest BCUT2D eigenvalue weighted by atomic mass is 10.2. The van der Waals surface area contributed by atoms with Crippen LogP contribution in [0.25, 0.3) is 0 Å². The van der Waals surface area contributed by atoms with E-state index in [2.05, 4.69) is 10.6 Å². The third-order valence-corrected chi connectivity index (χ3v) is 17.6. The molecule has 0 saturated carbocycles. The molecule has 62 heavy (non-hydrogen) atoms. The van der Waals surface area contributed by atoms with Crippen LogP contribution in [0.4, 0.5) is 0 Å². The summed E-state index contributed by atoms with van der Waals surface area (Å²) in [5.74, 6) is 0. The highest BCUT2D eigenvalue weighted by Crippen LogP contribution is 2.23. The monoisotopic (exact) mass is 1070 g/mol. The standard InChI is InChI=1S/C27H33N3O6S3.C13H21N3O2S.2CH4.2BrH/c1-22-4-10-25(11-5-22)37(31,32)28-16-18-29(38(33,34)26-12-6-23(2)7-13-26)20-21-30(19-17-28)39(35,36)27-14-8-24(3)9-15-27;1-12-2-4-13(5-3-12)19(17,18)16-10-8-14-6-7-15-9-11-16;;;;/h4-15H,16-21H2,1-3H3;2-5,14-15H,6-11H2,1H3;2*1H4;2*1H. The van der Waals surface area contributed by atoms with E-state index in [-0.39, 0.29) is 103 Å². The summed E-state index contributed by atoms with van der Waals surface area (Å²) in [4.78, 5) is 0.562. The van der Waals surface area contributed by atoms with Crippen LogP contribution in [-0.4, -0.2) is 129 Å². The molecule has 0 bridgehead atoms. The smallest absolute Gasteiger partial charge is 0.243 e. The van der Waals surface area contributed by atoms with Gasteiger partial charge in [0.05, 0.1) is 19.6 Å². The third kappa shape index (κ3) is 14.7. The van der Waals surface area contributed by atoms with E-state index in [1.807, 2.05) is 39.8 Å². The van der Waals surface area contributed by atoms with Gasteiger partial charge in [0.15, 0.2) is 0 Å². The normalized spacial score (nSPS) is 16.8. The molecule has 4 aromatic carbocycles.